The van der Waals surface area contributed by atoms with Crippen molar-refractivity contribution in [1.29, 1.82) is 0 Å². The highest BCUT2D eigenvalue weighted by Crippen LogP contribution is 2.37. The van der Waals surface area contributed by atoms with Gasteiger partial charge in [-0.3, -0.25) is 29.3 Å². The first kappa shape index (κ1) is 22.0. The Kier molecular flexibility index (Phi) is 7.05. The molecule has 0 bridgehead atoms. The summed E-state index contributed by atoms with van der Waals surface area (Å²) in [6.07, 6.45) is 1.35. The number of primary amides is 1. The molecule has 3 rings (SSSR count). The number of fused-ring (bicyclic) bond motifs is 1. The summed E-state index contributed by atoms with van der Waals surface area (Å²) in [7, 11) is 0. The number of benzene rings is 1. The first-order valence-corrected chi connectivity index (χ1v) is 9.13. The van der Waals surface area contributed by atoms with E-state index in [1.807, 2.05) is 0 Å². The summed E-state index contributed by atoms with van der Waals surface area (Å²) in [5.41, 5.74) is 17.7. The van der Waals surface area contributed by atoms with Crippen LogP contribution < -0.4 is 22.5 Å². The molecular formula is C19H24N4O6. The van der Waals surface area contributed by atoms with E-state index in [0.717, 1.165) is 5.56 Å². The number of carbonyl (C=O) groups is 5. The fraction of sp³-hybridized carbons (Fsp3) is 0.421. The van der Waals surface area contributed by atoms with Crippen molar-refractivity contribution in [2.45, 2.75) is 38.1 Å². The number of aliphatic carboxylic acids is 1. The monoisotopic (exact) mass is 405 g/mol. The molecule has 1 aromatic carbocycles. The van der Waals surface area contributed by atoms with Crippen LogP contribution in [0.2, 0.25) is 0 Å². The number of rotatable bonds is 5. The van der Waals surface area contributed by atoms with Gasteiger partial charge in [0.25, 0.3) is 0 Å². The third-order valence-corrected chi connectivity index (χ3v) is 5.02. The average Bonchev–Trinajstić information content (AvgIpc) is 2.98. The zero-order valence-electron chi connectivity index (χ0n) is 15.7. The summed E-state index contributed by atoms with van der Waals surface area (Å²) in [6, 6.07) is 4.28. The van der Waals surface area contributed by atoms with Gasteiger partial charge in [-0.05, 0) is 30.9 Å². The van der Waals surface area contributed by atoms with E-state index >= 15 is 0 Å². The molecule has 3 unspecified atom stereocenters. The molecule has 1 saturated heterocycles. The van der Waals surface area contributed by atoms with Crippen LogP contribution in [0.25, 0.3) is 0 Å². The highest BCUT2D eigenvalue weighted by molar-refractivity contribution is 6.07. The van der Waals surface area contributed by atoms with E-state index in [1.165, 1.54) is 0 Å². The molecule has 156 valence electrons. The highest BCUT2D eigenvalue weighted by atomic mass is 16.4. The van der Waals surface area contributed by atoms with Crippen molar-refractivity contribution >= 4 is 35.2 Å². The van der Waals surface area contributed by atoms with Crippen molar-refractivity contribution < 1.29 is 29.1 Å². The molecule has 10 heteroatoms. The topological polar surface area (TPSA) is 196 Å². The van der Waals surface area contributed by atoms with Gasteiger partial charge < -0.3 is 22.3 Å². The number of piperidine rings is 1. The second-order valence-electron chi connectivity index (χ2n) is 7.06. The largest absolute Gasteiger partial charge is 0.480 e. The number of nitrogen functional groups attached to an aromatic ring is 1. The van der Waals surface area contributed by atoms with Gasteiger partial charge in [0.1, 0.15) is 6.04 Å². The van der Waals surface area contributed by atoms with Gasteiger partial charge in [0.2, 0.25) is 17.7 Å². The highest BCUT2D eigenvalue weighted by Gasteiger charge is 2.42. The third-order valence-electron chi connectivity index (χ3n) is 5.02. The number of ketones is 1. The molecule has 3 amide bonds. The van der Waals surface area contributed by atoms with E-state index in [9.17, 15) is 24.0 Å². The van der Waals surface area contributed by atoms with Gasteiger partial charge in [-0.2, -0.15) is 0 Å². The SMILES string of the molecule is NC(=O)CCC([15NH2])C(=O)O.Nc1cccc2c1CC(C1CCC(=O)NC1=O)C2=O. The molecule has 29 heavy (non-hydrogen) atoms. The van der Waals surface area contributed by atoms with E-state index in [0.29, 0.717) is 30.5 Å². The molecule has 3 atom stereocenters. The number of imide groups is 1. The lowest BCUT2D eigenvalue weighted by atomic mass is 9.83. The minimum absolute atomic E-state index is 0.0213. The first-order chi connectivity index (χ1) is 13.6. The van der Waals surface area contributed by atoms with Crippen molar-refractivity contribution in [3.05, 3.63) is 29.3 Å². The Morgan fingerprint density at radius 2 is 1.90 bits per heavy atom. The van der Waals surface area contributed by atoms with Gasteiger partial charge in [0.05, 0.1) is 0 Å². The molecule has 1 aromatic rings. The third kappa shape index (κ3) is 5.38. The molecule has 0 spiro atoms. The normalized spacial score (nSPS) is 21.5. The predicted molar refractivity (Wildman–Crippen MR) is 102 cm³/mol. The lowest BCUT2D eigenvalue weighted by Crippen LogP contribution is -2.44. The number of carboxylic acids is 1. The molecular weight excluding hydrogens is 381 g/mol. The number of hydrogen-bond acceptors (Lipinski definition) is 7. The fourth-order valence-corrected chi connectivity index (χ4v) is 3.42. The molecule has 1 heterocycles. The Morgan fingerprint density at radius 1 is 1.21 bits per heavy atom. The molecule has 8 N–H and O–H groups in total. The molecule has 10 nitrogen and oxygen atoms in total. The Labute approximate surface area is 166 Å². The van der Waals surface area contributed by atoms with Gasteiger partial charge in [0, 0.05) is 35.9 Å². The second kappa shape index (κ2) is 9.28. The van der Waals surface area contributed by atoms with Crippen LogP contribution >= 0.6 is 0 Å². The molecule has 0 saturated carbocycles. The van der Waals surface area contributed by atoms with Gasteiger partial charge in [0.15, 0.2) is 5.78 Å². The molecule has 0 aromatic heterocycles. The maximum atomic E-state index is 12.4. The summed E-state index contributed by atoms with van der Waals surface area (Å²) in [4.78, 5) is 55.5. The van der Waals surface area contributed by atoms with Crippen LogP contribution in [0, 0.1) is 11.8 Å². The van der Waals surface area contributed by atoms with Crippen molar-refractivity contribution in [1.82, 2.24) is 5.32 Å². The van der Waals surface area contributed by atoms with Crippen LogP contribution in [-0.2, 0) is 25.6 Å². The van der Waals surface area contributed by atoms with Crippen molar-refractivity contribution in [2.75, 3.05) is 5.73 Å². The zero-order valence-corrected chi connectivity index (χ0v) is 15.7. The fourth-order valence-electron chi connectivity index (χ4n) is 3.42. The Morgan fingerprint density at radius 3 is 2.45 bits per heavy atom. The summed E-state index contributed by atoms with van der Waals surface area (Å²) >= 11 is 0. The number of carboxylic acid groups (broad SMARTS) is 1. The smallest absolute Gasteiger partial charge is 0.320 e. The van der Waals surface area contributed by atoms with Gasteiger partial charge in [-0.15, -0.1) is 0 Å². The van der Waals surface area contributed by atoms with Crippen molar-refractivity contribution in [3.63, 3.8) is 0 Å². The van der Waals surface area contributed by atoms with Crippen LogP contribution in [-0.4, -0.2) is 40.6 Å². The molecule has 1 fully saturated rings. The van der Waals surface area contributed by atoms with E-state index in [2.05, 4.69) is 5.32 Å². The summed E-state index contributed by atoms with van der Waals surface area (Å²) < 4.78 is 0. The maximum Gasteiger partial charge on any atom is 0.320 e. The minimum Gasteiger partial charge on any atom is -0.480 e. The Hall–Kier alpha value is -3.27. The van der Waals surface area contributed by atoms with Crippen LogP contribution in [0.5, 0.6) is 0 Å². The summed E-state index contributed by atoms with van der Waals surface area (Å²) in [5, 5.41) is 10.5. The van der Waals surface area contributed by atoms with Gasteiger partial charge >= 0.3 is 5.97 Å². The van der Waals surface area contributed by atoms with E-state index in [4.69, 9.17) is 22.3 Å². The van der Waals surface area contributed by atoms with Crippen LogP contribution in [0.4, 0.5) is 5.69 Å². The number of hydrogen-bond donors (Lipinski definition) is 5. The predicted octanol–water partition coefficient (Wildman–Crippen LogP) is -0.660. The number of anilines is 1. The average molecular weight is 405 g/mol. The number of nitrogens with two attached hydrogens (primary N) is 3. The first-order valence-electron chi connectivity index (χ1n) is 9.13. The minimum atomic E-state index is -1.11. The lowest BCUT2D eigenvalue weighted by molar-refractivity contribution is -0.139. The summed E-state index contributed by atoms with van der Waals surface area (Å²) in [6.45, 7) is 0. The van der Waals surface area contributed by atoms with Gasteiger partial charge in [-0.1, -0.05) is 12.1 Å². The van der Waals surface area contributed by atoms with Crippen molar-refractivity contribution in [2.24, 2.45) is 23.3 Å². The quantitative estimate of drug-likeness (QED) is 0.242. The standard InChI is InChI=1S/C14H14N2O3.C5H10N2O3/c15-11-3-1-2-7-9(11)6-10(13(7)18)8-4-5-12(17)16-14(8)19;6-3(5(9)10)1-2-4(7)8/h1-3,8,10H,4-6,15H2,(H,16,17,19);3H,1-2,6H2,(H2,7,8)(H,9,10)/i;6+1. The van der Waals surface area contributed by atoms with Crippen molar-refractivity contribution in [3.8, 4) is 0 Å². The van der Waals surface area contributed by atoms with E-state index in [-0.39, 0.29) is 36.4 Å². The van der Waals surface area contributed by atoms with Crippen LogP contribution in [0.1, 0.15) is 41.6 Å². The second-order valence-corrected chi connectivity index (χ2v) is 7.06. The molecule has 0 radical (unpaired) electrons. The number of carbonyl (C=O) groups excluding carboxylic acids is 4. The Bertz CT molecular complexity index is 853. The van der Waals surface area contributed by atoms with Crippen LogP contribution in [0.3, 0.4) is 0 Å². The van der Waals surface area contributed by atoms with Gasteiger partial charge in [-0.25, -0.2) is 0 Å². The summed E-state index contributed by atoms with van der Waals surface area (Å²) in [5.74, 6) is -3.07. The number of Topliss-reactive ketones (excluding diaryl/α,β-unsaturated/α-hetero) is 1. The number of nitrogens with one attached hydrogen (secondary N) is 1. The van der Waals surface area contributed by atoms with E-state index in [1.54, 1.807) is 18.2 Å². The Balaban J connectivity index is 0.000000257. The molecule has 1 aliphatic heterocycles. The number of amides is 3. The zero-order chi connectivity index (χ0) is 21.7. The molecule has 1 aliphatic carbocycles. The van der Waals surface area contributed by atoms with Crippen LogP contribution in [0.15, 0.2) is 18.2 Å². The lowest BCUT2D eigenvalue weighted by Gasteiger charge is -2.24. The van der Waals surface area contributed by atoms with E-state index < -0.39 is 23.8 Å². The molecule has 2 aliphatic rings. The maximum absolute atomic E-state index is 12.4.